The first-order chi connectivity index (χ1) is 10.2. The number of hydrogen-bond donors (Lipinski definition) is 1. The molecule has 0 saturated carbocycles. The van der Waals surface area contributed by atoms with Gasteiger partial charge < -0.3 is 10.2 Å². The first-order valence-corrected chi connectivity index (χ1v) is 7.22. The third kappa shape index (κ3) is 2.81. The highest BCUT2D eigenvalue weighted by Crippen LogP contribution is 2.26. The van der Waals surface area contributed by atoms with Gasteiger partial charge in [-0.15, -0.1) is 18.8 Å². The van der Waals surface area contributed by atoms with Crippen LogP contribution in [0.3, 0.4) is 0 Å². The van der Waals surface area contributed by atoms with Gasteiger partial charge in [0.1, 0.15) is 6.04 Å². The van der Waals surface area contributed by atoms with Crippen LogP contribution in [-0.4, -0.2) is 28.9 Å². The number of carbonyl (C=O) groups is 1. The number of hydrogen-bond acceptors (Lipinski definition) is 3. The van der Waals surface area contributed by atoms with Crippen LogP contribution in [0.2, 0.25) is 0 Å². The van der Waals surface area contributed by atoms with Gasteiger partial charge in [-0.25, -0.2) is 0 Å². The lowest BCUT2D eigenvalue weighted by atomic mass is 9.95. The van der Waals surface area contributed by atoms with Crippen molar-refractivity contribution in [3.8, 4) is 18.4 Å². The SMILES string of the molecule is C#C[C@H]1CC[C@@H](C#N)N1C(=O)[C@@H]1Cc2ccccc2CN1.Cl. The third-order valence-corrected chi connectivity index (χ3v) is 4.36. The molecule has 0 spiro atoms. The minimum atomic E-state index is -0.391. The van der Waals surface area contributed by atoms with E-state index >= 15 is 0 Å². The molecule has 1 saturated heterocycles. The van der Waals surface area contributed by atoms with Crippen LogP contribution in [0.25, 0.3) is 0 Å². The number of amides is 1. The number of rotatable bonds is 1. The van der Waals surface area contributed by atoms with E-state index in [1.54, 1.807) is 4.90 Å². The number of terminal acetylenes is 1. The number of nitrogens with zero attached hydrogens (tertiary/aromatic N) is 2. The van der Waals surface area contributed by atoms with Crippen molar-refractivity contribution in [1.29, 1.82) is 5.26 Å². The monoisotopic (exact) mass is 315 g/mol. The molecule has 2 heterocycles. The molecule has 2 aliphatic rings. The van der Waals surface area contributed by atoms with Crippen LogP contribution in [0.5, 0.6) is 0 Å². The molecule has 4 nitrogen and oxygen atoms in total. The fraction of sp³-hybridized carbons (Fsp3) is 0.412. The zero-order valence-corrected chi connectivity index (χ0v) is 13.0. The molecule has 3 rings (SSSR count). The van der Waals surface area contributed by atoms with Gasteiger partial charge in [0.15, 0.2) is 0 Å². The van der Waals surface area contributed by atoms with Crippen molar-refractivity contribution in [3.05, 3.63) is 35.4 Å². The highest BCUT2D eigenvalue weighted by molar-refractivity contribution is 5.85. The van der Waals surface area contributed by atoms with Crippen LogP contribution in [0.15, 0.2) is 24.3 Å². The highest BCUT2D eigenvalue weighted by Gasteiger charge is 2.39. The van der Waals surface area contributed by atoms with Crippen molar-refractivity contribution in [3.63, 3.8) is 0 Å². The second kappa shape index (κ2) is 6.83. The van der Waals surface area contributed by atoms with Crippen LogP contribution in [0.4, 0.5) is 0 Å². The first kappa shape index (κ1) is 16.4. The van der Waals surface area contributed by atoms with Crippen LogP contribution < -0.4 is 5.32 Å². The topological polar surface area (TPSA) is 56.1 Å². The summed E-state index contributed by atoms with van der Waals surface area (Å²) in [5.74, 6) is 2.60. The lowest BCUT2D eigenvalue weighted by Gasteiger charge is -2.32. The Morgan fingerprint density at radius 1 is 1.27 bits per heavy atom. The second-order valence-corrected chi connectivity index (χ2v) is 5.56. The van der Waals surface area contributed by atoms with E-state index in [4.69, 9.17) is 6.42 Å². The molecule has 0 bridgehead atoms. The second-order valence-electron chi connectivity index (χ2n) is 5.56. The number of nitrogens with one attached hydrogen (secondary N) is 1. The molecule has 0 aromatic heterocycles. The van der Waals surface area contributed by atoms with Crippen LogP contribution >= 0.6 is 12.4 Å². The zero-order valence-electron chi connectivity index (χ0n) is 12.2. The molecule has 1 amide bonds. The van der Waals surface area contributed by atoms with Gasteiger partial charge in [0.05, 0.1) is 18.2 Å². The number of halogens is 1. The zero-order chi connectivity index (χ0) is 14.8. The van der Waals surface area contributed by atoms with E-state index in [1.165, 1.54) is 11.1 Å². The van der Waals surface area contributed by atoms with Crippen LogP contribution in [0, 0.1) is 23.7 Å². The maximum atomic E-state index is 12.8. The summed E-state index contributed by atoms with van der Waals surface area (Å²) in [7, 11) is 0. The van der Waals surface area contributed by atoms with Gasteiger partial charge in [-0.05, 0) is 30.4 Å². The van der Waals surface area contributed by atoms with Crippen molar-refractivity contribution < 1.29 is 4.79 Å². The summed E-state index contributed by atoms with van der Waals surface area (Å²) >= 11 is 0. The molecule has 1 aromatic carbocycles. The van der Waals surface area contributed by atoms with Gasteiger partial charge in [0.25, 0.3) is 0 Å². The highest BCUT2D eigenvalue weighted by atomic mass is 35.5. The summed E-state index contributed by atoms with van der Waals surface area (Å²) in [6.07, 6.45) is 7.54. The Morgan fingerprint density at radius 3 is 2.64 bits per heavy atom. The maximum absolute atomic E-state index is 12.8. The number of benzene rings is 1. The molecule has 1 N–H and O–H groups in total. The lowest BCUT2D eigenvalue weighted by Crippen LogP contribution is -2.52. The van der Waals surface area contributed by atoms with E-state index in [0.29, 0.717) is 25.8 Å². The third-order valence-electron chi connectivity index (χ3n) is 4.36. The van der Waals surface area contributed by atoms with E-state index in [2.05, 4.69) is 29.4 Å². The molecule has 5 heteroatoms. The van der Waals surface area contributed by atoms with Gasteiger partial charge in [0.2, 0.25) is 5.91 Å². The Balaban J connectivity index is 0.00000176. The number of nitriles is 1. The van der Waals surface area contributed by atoms with Crippen molar-refractivity contribution in [2.45, 2.75) is 43.9 Å². The summed E-state index contributed by atoms with van der Waals surface area (Å²) in [4.78, 5) is 14.4. The molecular weight excluding hydrogens is 298 g/mol. The van der Waals surface area contributed by atoms with Crippen molar-refractivity contribution >= 4 is 18.3 Å². The fourth-order valence-corrected chi connectivity index (χ4v) is 3.22. The lowest BCUT2D eigenvalue weighted by molar-refractivity contribution is -0.134. The van der Waals surface area contributed by atoms with E-state index in [1.807, 2.05) is 12.1 Å². The Hall–Kier alpha value is -2.01. The van der Waals surface area contributed by atoms with E-state index < -0.39 is 6.04 Å². The van der Waals surface area contributed by atoms with Crippen LogP contribution in [-0.2, 0) is 17.8 Å². The minimum absolute atomic E-state index is 0. The summed E-state index contributed by atoms with van der Waals surface area (Å²) in [6, 6.07) is 9.39. The van der Waals surface area contributed by atoms with Crippen molar-refractivity contribution in [2.75, 3.05) is 0 Å². The van der Waals surface area contributed by atoms with Gasteiger partial charge in [0, 0.05) is 6.54 Å². The molecule has 3 atom stereocenters. The predicted octanol–water partition coefficient (Wildman–Crippen LogP) is 1.64. The summed E-state index contributed by atoms with van der Waals surface area (Å²) in [5.41, 5.74) is 2.42. The Kier molecular flexibility index (Phi) is 5.08. The molecule has 114 valence electrons. The van der Waals surface area contributed by atoms with Gasteiger partial charge in [-0.2, -0.15) is 5.26 Å². The van der Waals surface area contributed by atoms with Gasteiger partial charge >= 0.3 is 0 Å². The Morgan fingerprint density at radius 2 is 1.95 bits per heavy atom. The average Bonchev–Trinajstić information content (AvgIpc) is 2.96. The van der Waals surface area contributed by atoms with E-state index in [-0.39, 0.29) is 30.4 Å². The Bertz CT molecular complexity index is 624. The minimum Gasteiger partial charge on any atom is -0.311 e. The van der Waals surface area contributed by atoms with Gasteiger partial charge in [-0.3, -0.25) is 4.79 Å². The molecule has 2 aliphatic heterocycles. The maximum Gasteiger partial charge on any atom is 0.242 e. The van der Waals surface area contributed by atoms with Gasteiger partial charge in [-0.1, -0.05) is 30.2 Å². The van der Waals surface area contributed by atoms with E-state index in [9.17, 15) is 10.1 Å². The van der Waals surface area contributed by atoms with Crippen molar-refractivity contribution in [1.82, 2.24) is 10.2 Å². The van der Waals surface area contributed by atoms with E-state index in [0.717, 1.165) is 0 Å². The molecule has 1 aromatic rings. The standard InChI is InChI=1S/C17H17N3O.ClH/c1-2-14-7-8-15(10-18)20(14)17(21)16-9-12-5-3-4-6-13(12)11-19-16;/h1,3-6,14-16,19H,7-9,11H2;1H/t14-,15-,16-;/m0./s1. The quantitative estimate of drug-likeness (QED) is 0.802. The summed E-state index contributed by atoms with van der Waals surface area (Å²) in [5, 5.41) is 12.5. The number of carbonyl (C=O) groups excluding carboxylic acids is 1. The Labute approximate surface area is 136 Å². The van der Waals surface area contributed by atoms with Crippen molar-refractivity contribution in [2.24, 2.45) is 0 Å². The molecule has 0 unspecified atom stereocenters. The fourth-order valence-electron chi connectivity index (χ4n) is 3.22. The smallest absolute Gasteiger partial charge is 0.242 e. The molecular formula is C17H18ClN3O. The summed E-state index contributed by atoms with van der Waals surface area (Å²) < 4.78 is 0. The molecule has 22 heavy (non-hydrogen) atoms. The summed E-state index contributed by atoms with van der Waals surface area (Å²) in [6.45, 7) is 0.679. The normalized spacial score (nSPS) is 26.3. The number of fused-ring (bicyclic) bond motifs is 1. The molecule has 1 fully saturated rings. The van der Waals surface area contributed by atoms with Crippen LogP contribution in [0.1, 0.15) is 24.0 Å². The molecule has 0 radical (unpaired) electrons. The predicted molar refractivity (Wildman–Crippen MR) is 86.1 cm³/mol. The first-order valence-electron chi connectivity index (χ1n) is 7.22. The average molecular weight is 316 g/mol. The largest absolute Gasteiger partial charge is 0.311 e. The number of likely N-dealkylation sites (tertiary alicyclic amines) is 1. The molecule has 0 aliphatic carbocycles.